The van der Waals surface area contributed by atoms with E-state index in [-0.39, 0.29) is 36.6 Å². The van der Waals surface area contributed by atoms with Gasteiger partial charge in [0, 0.05) is 31.3 Å². The molecule has 2 aliphatic rings. The summed E-state index contributed by atoms with van der Waals surface area (Å²) in [7, 11) is 0. The minimum absolute atomic E-state index is 0. The zero-order chi connectivity index (χ0) is 15.9. The molecule has 2 heterocycles. The molecule has 1 aromatic rings. The topological polar surface area (TPSA) is 111 Å². The Morgan fingerprint density at radius 3 is 2.74 bits per heavy atom. The molecular weight excluding hydrogens is 324 g/mol. The average molecular weight is 343 g/mol. The molecule has 1 saturated heterocycles. The Morgan fingerprint density at radius 2 is 2.09 bits per heavy atom. The molecule has 1 saturated carbocycles. The van der Waals surface area contributed by atoms with Crippen molar-refractivity contribution in [1.29, 1.82) is 0 Å². The van der Waals surface area contributed by atoms with Gasteiger partial charge in [0.2, 0.25) is 5.91 Å². The van der Waals surface area contributed by atoms with Crippen LogP contribution in [0.4, 0.5) is 5.69 Å². The molecule has 0 spiro atoms. The van der Waals surface area contributed by atoms with Gasteiger partial charge in [0.1, 0.15) is 6.54 Å². The molecule has 2 fully saturated rings. The van der Waals surface area contributed by atoms with Crippen LogP contribution in [0.3, 0.4) is 0 Å². The number of amides is 1. The van der Waals surface area contributed by atoms with Gasteiger partial charge in [0.25, 0.3) is 11.2 Å². The number of rotatable bonds is 3. The SMILES string of the molecule is Cl.NC1CCC2CN(C(=O)Cn3cc([N+](=O)[O-])ccc3=O)CC12. The largest absolute Gasteiger partial charge is 0.341 e. The fourth-order valence-corrected chi connectivity index (χ4v) is 3.51. The van der Waals surface area contributed by atoms with Gasteiger partial charge in [-0.25, -0.2) is 0 Å². The second-order valence-corrected chi connectivity index (χ2v) is 6.07. The van der Waals surface area contributed by atoms with Gasteiger partial charge in [-0.3, -0.25) is 24.3 Å². The molecule has 1 aliphatic carbocycles. The van der Waals surface area contributed by atoms with E-state index in [4.69, 9.17) is 5.73 Å². The van der Waals surface area contributed by atoms with Gasteiger partial charge < -0.3 is 10.6 Å². The maximum Gasteiger partial charge on any atom is 0.285 e. The van der Waals surface area contributed by atoms with Crippen molar-refractivity contribution in [3.8, 4) is 0 Å². The lowest BCUT2D eigenvalue weighted by molar-refractivity contribution is -0.385. The third kappa shape index (κ3) is 3.37. The average Bonchev–Trinajstić information content (AvgIpc) is 3.03. The highest BCUT2D eigenvalue weighted by Gasteiger charge is 2.42. The van der Waals surface area contributed by atoms with Crippen LogP contribution >= 0.6 is 12.4 Å². The second-order valence-electron chi connectivity index (χ2n) is 6.07. The van der Waals surface area contributed by atoms with E-state index in [2.05, 4.69) is 0 Å². The summed E-state index contributed by atoms with van der Waals surface area (Å²) in [5.41, 5.74) is 5.42. The molecule has 3 rings (SSSR count). The Morgan fingerprint density at radius 1 is 1.35 bits per heavy atom. The number of carbonyl (C=O) groups excluding carboxylic acids is 1. The molecule has 23 heavy (non-hydrogen) atoms. The summed E-state index contributed by atoms with van der Waals surface area (Å²) in [6.45, 7) is 1.12. The Kier molecular flexibility index (Phi) is 5.06. The predicted molar refractivity (Wildman–Crippen MR) is 85.4 cm³/mol. The van der Waals surface area contributed by atoms with Gasteiger partial charge in [0.05, 0.1) is 11.1 Å². The van der Waals surface area contributed by atoms with E-state index in [0.29, 0.717) is 24.9 Å². The summed E-state index contributed by atoms with van der Waals surface area (Å²) >= 11 is 0. The molecule has 0 aromatic carbocycles. The maximum absolute atomic E-state index is 12.3. The predicted octanol–water partition coefficient (Wildman–Crippen LogP) is 0.374. The van der Waals surface area contributed by atoms with Crippen molar-refractivity contribution in [2.24, 2.45) is 17.6 Å². The van der Waals surface area contributed by atoms with Crippen molar-refractivity contribution in [2.75, 3.05) is 13.1 Å². The standard InChI is InChI=1S/C14H18N4O4.ClH/c15-12-3-1-9-5-16(7-11(9)12)14(20)8-17-6-10(18(21)22)2-4-13(17)19;/h2,4,6,9,11-12H,1,3,5,7-8,15H2;1H. The number of pyridine rings is 1. The summed E-state index contributed by atoms with van der Waals surface area (Å²) < 4.78 is 1.09. The zero-order valence-electron chi connectivity index (χ0n) is 12.5. The summed E-state index contributed by atoms with van der Waals surface area (Å²) in [5, 5.41) is 10.8. The molecule has 3 unspecified atom stereocenters. The van der Waals surface area contributed by atoms with Crippen LogP contribution in [0.1, 0.15) is 12.8 Å². The fourth-order valence-electron chi connectivity index (χ4n) is 3.51. The quantitative estimate of drug-likeness (QED) is 0.630. The van der Waals surface area contributed by atoms with Gasteiger partial charge >= 0.3 is 0 Å². The highest BCUT2D eigenvalue weighted by Crippen LogP contribution is 2.37. The maximum atomic E-state index is 12.3. The van der Waals surface area contributed by atoms with Crippen molar-refractivity contribution in [1.82, 2.24) is 9.47 Å². The minimum atomic E-state index is -0.584. The van der Waals surface area contributed by atoms with E-state index in [0.717, 1.165) is 35.7 Å². The van der Waals surface area contributed by atoms with Gasteiger partial charge in [-0.2, -0.15) is 0 Å². The van der Waals surface area contributed by atoms with Crippen LogP contribution in [-0.2, 0) is 11.3 Å². The molecular formula is C14H19ClN4O4. The molecule has 8 nitrogen and oxygen atoms in total. The number of fused-ring (bicyclic) bond motifs is 1. The molecule has 2 N–H and O–H groups in total. The molecule has 0 radical (unpaired) electrons. The molecule has 9 heteroatoms. The van der Waals surface area contributed by atoms with E-state index in [1.165, 1.54) is 0 Å². The molecule has 0 bridgehead atoms. The highest BCUT2D eigenvalue weighted by atomic mass is 35.5. The summed E-state index contributed by atoms with van der Waals surface area (Å²) in [4.78, 5) is 36.0. The van der Waals surface area contributed by atoms with Gasteiger partial charge in [-0.1, -0.05) is 0 Å². The smallest absolute Gasteiger partial charge is 0.285 e. The van der Waals surface area contributed by atoms with E-state index in [1.54, 1.807) is 4.90 Å². The van der Waals surface area contributed by atoms with E-state index < -0.39 is 10.5 Å². The lowest BCUT2D eigenvalue weighted by Gasteiger charge is -2.19. The number of halogens is 1. The van der Waals surface area contributed by atoms with E-state index in [1.807, 2.05) is 0 Å². The van der Waals surface area contributed by atoms with Crippen LogP contribution in [0.25, 0.3) is 0 Å². The normalized spacial score (nSPS) is 25.8. The van der Waals surface area contributed by atoms with Crippen molar-refractivity contribution in [2.45, 2.75) is 25.4 Å². The number of hydrogen-bond donors (Lipinski definition) is 1. The summed E-state index contributed by atoms with van der Waals surface area (Å²) in [6, 6.07) is 2.39. The molecule has 1 amide bonds. The number of aromatic nitrogens is 1. The summed E-state index contributed by atoms with van der Waals surface area (Å²) in [5.74, 6) is 0.593. The Bertz CT molecular complexity index is 677. The van der Waals surface area contributed by atoms with Gasteiger partial charge in [0.15, 0.2) is 0 Å². The van der Waals surface area contributed by atoms with Gasteiger partial charge in [-0.15, -0.1) is 12.4 Å². The third-order valence-electron chi connectivity index (χ3n) is 4.75. The highest BCUT2D eigenvalue weighted by molar-refractivity contribution is 5.85. The van der Waals surface area contributed by atoms with Gasteiger partial charge in [-0.05, 0) is 24.7 Å². The number of likely N-dealkylation sites (tertiary alicyclic amines) is 1. The Hall–Kier alpha value is -1.93. The summed E-state index contributed by atoms with van der Waals surface area (Å²) in [6.07, 6.45) is 3.15. The van der Waals surface area contributed by atoms with E-state index in [9.17, 15) is 19.7 Å². The van der Waals surface area contributed by atoms with Crippen LogP contribution < -0.4 is 11.3 Å². The molecule has 126 valence electrons. The van der Waals surface area contributed by atoms with Crippen molar-refractivity contribution < 1.29 is 9.72 Å². The number of carbonyl (C=O) groups is 1. The monoisotopic (exact) mass is 342 g/mol. The third-order valence-corrected chi connectivity index (χ3v) is 4.75. The lowest BCUT2D eigenvalue weighted by Crippen LogP contribution is -2.37. The number of nitro groups is 1. The van der Waals surface area contributed by atoms with Crippen LogP contribution in [0.5, 0.6) is 0 Å². The van der Waals surface area contributed by atoms with Crippen molar-refractivity contribution in [3.63, 3.8) is 0 Å². The molecule has 1 aromatic heterocycles. The first kappa shape index (κ1) is 17.4. The lowest BCUT2D eigenvalue weighted by atomic mass is 9.98. The molecule has 1 aliphatic heterocycles. The zero-order valence-corrected chi connectivity index (χ0v) is 13.3. The van der Waals surface area contributed by atoms with Crippen molar-refractivity contribution in [3.05, 3.63) is 38.8 Å². The first-order valence-electron chi connectivity index (χ1n) is 7.34. The Labute approximate surface area is 138 Å². The second kappa shape index (κ2) is 6.67. The van der Waals surface area contributed by atoms with Crippen LogP contribution in [0.2, 0.25) is 0 Å². The van der Waals surface area contributed by atoms with Crippen LogP contribution in [0.15, 0.2) is 23.1 Å². The number of nitrogens with two attached hydrogens (primary N) is 1. The minimum Gasteiger partial charge on any atom is -0.341 e. The van der Waals surface area contributed by atoms with Crippen molar-refractivity contribution >= 4 is 24.0 Å². The number of nitrogens with zero attached hydrogens (tertiary/aromatic N) is 3. The Balaban J connectivity index is 0.00000192. The van der Waals surface area contributed by atoms with Crippen LogP contribution in [0, 0.1) is 22.0 Å². The first-order valence-corrected chi connectivity index (χ1v) is 7.34. The number of hydrogen-bond acceptors (Lipinski definition) is 5. The van der Waals surface area contributed by atoms with Crippen LogP contribution in [-0.4, -0.2) is 39.4 Å². The van der Waals surface area contributed by atoms with E-state index >= 15 is 0 Å². The first-order chi connectivity index (χ1) is 10.5. The molecule has 3 atom stereocenters. The fraction of sp³-hybridized carbons (Fsp3) is 0.571.